The fraction of sp³-hybridized carbons (Fsp3) is 0.222. The van der Waals surface area contributed by atoms with Crippen molar-refractivity contribution in [3.05, 3.63) is 42.5 Å². The number of ether oxygens (including phenoxy) is 3. The number of hydrogen-bond acceptors (Lipinski definition) is 5. The first-order valence-electron chi connectivity index (χ1n) is 7.67. The summed E-state index contributed by atoms with van der Waals surface area (Å²) in [6, 6.07) is 12.1. The number of amides is 2. The first-order valence-corrected chi connectivity index (χ1v) is 7.67. The van der Waals surface area contributed by atoms with E-state index in [1.54, 1.807) is 56.6 Å². The number of nitrogens with one attached hydrogen (secondary N) is 1. The Kier molecular flexibility index (Phi) is 4.74. The molecule has 130 valence electrons. The number of benzene rings is 2. The predicted molar refractivity (Wildman–Crippen MR) is 92.5 cm³/mol. The molecule has 0 saturated carbocycles. The monoisotopic (exact) mass is 342 g/mol. The third-order valence-electron chi connectivity index (χ3n) is 3.74. The topological polar surface area (TPSA) is 77.1 Å². The third kappa shape index (κ3) is 3.82. The van der Waals surface area contributed by atoms with E-state index < -0.39 is 0 Å². The molecule has 0 saturated heterocycles. The highest BCUT2D eigenvalue weighted by molar-refractivity contribution is 5.98. The van der Waals surface area contributed by atoms with Crippen LogP contribution in [0.25, 0.3) is 0 Å². The van der Waals surface area contributed by atoms with Gasteiger partial charge < -0.3 is 24.4 Å². The van der Waals surface area contributed by atoms with Gasteiger partial charge in [-0.25, -0.2) is 0 Å². The molecule has 1 heterocycles. The fourth-order valence-electron chi connectivity index (χ4n) is 2.39. The lowest BCUT2D eigenvalue weighted by Gasteiger charge is -2.26. The molecular weight excluding hydrogens is 324 g/mol. The van der Waals surface area contributed by atoms with Crippen molar-refractivity contribution in [3.8, 4) is 17.2 Å². The van der Waals surface area contributed by atoms with E-state index in [0.717, 1.165) is 0 Å². The first-order chi connectivity index (χ1) is 12.1. The van der Waals surface area contributed by atoms with Gasteiger partial charge in [0.05, 0.1) is 12.8 Å². The zero-order chi connectivity index (χ0) is 17.8. The molecule has 0 spiro atoms. The minimum atomic E-state index is -0.303. The molecule has 1 N–H and O–H groups in total. The number of methoxy groups -OCH3 is 1. The normalized spacial score (nSPS) is 12.9. The Bertz CT molecular complexity index is 806. The summed E-state index contributed by atoms with van der Waals surface area (Å²) < 4.78 is 15.9. The molecular formula is C18H18N2O5. The number of anilines is 2. The average Bonchev–Trinajstić information content (AvgIpc) is 2.63. The number of carbonyl (C=O) groups is 2. The van der Waals surface area contributed by atoms with E-state index >= 15 is 0 Å². The van der Waals surface area contributed by atoms with E-state index in [-0.39, 0.29) is 25.0 Å². The van der Waals surface area contributed by atoms with Crippen molar-refractivity contribution in [3.63, 3.8) is 0 Å². The predicted octanol–water partition coefficient (Wildman–Crippen LogP) is 2.07. The molecule has 0 fully saturated rings. The number of likely N-dealkylation sites (N-methyl/N-ethyl adjacent to an activating group) is 1. The molecule has 0 aromatic heterocycles. The SMILES string of the molecule is COc1cccc(OCC(=O)Nc2ccc3c(c2)OCC(=O)N3C)c1. The summed E-state index contributed by atoms with van der Waals surface area (Å²) >= 11 is 0. The zero-order valence-electron chi connectivity index (χ0n) is 13.9. The van der Waals surface area contributed by atoms with Crippen LogP contribution in [0.3, 0.4) is 0 Å². The molecule has 2 aromatic rings. The third-order valence-corrected chi connectivity index (χ3v) is 3.74. The smallest absolute Gasteiger partial charge is 0.264 e. The number of carbonyl (C=O) groups excluding carboxylic acids is 2. The van der Waals surface area contributed by atoms with Crippen molar-refractivity contribution >= 4 is 23.2 Å². The summed E-state index contributed by atoms with van der Waals surface area (Å²) in [4.78, 5) is 25.2. The van der Waals surface area contributed by atoms with E-state index in [4.69, 9.17) is 14.2 Å². The Balaban J connectivity index is 1.60. The van der Waals surface area contributed by atoms with Crippen LogP contribution < -0.4 is 24.4 Å². The van der Waals surface area contributed by atoms with Gasteiger partial charge in [-0.3, -0.25) is 9.59 Å². The lowest BCUT2D eigenvalue weighted by Crippen LogP contribution is -2.35. The van der Waals surface area contributed by atoms with Crippen molar-refractivity contribution in [1.82, 2.24) is 0 Å². The Morgan fingerprint density at radius 1 is 1.24 bits per heavy atom. The highest BCUT2D eigenvalue weighted by atomic mass is 16.5. The minimum absolute atomic E-state index is 0.0140. The van der Waals surface area contributed by atoms with Gasteiger partial charge in [-0.2, -0.15) is 0 Å². The van der Waals surface area contributed by atoms with E-state index in [2.05, 4.69) is 5.32 Å². The van der Waals surface area contributed by atoms with Gasteiger partial charge in [0, 0.05) is 24.9 Å². The lowest BCUT2D eigenvalue weighted by molar-refractivity contribution is -0.121. The van der Waals surface area contributed by atoms with Crippen LogP contribution >= 0.6 is 0 Å². The highest BCUT2D eigenvalue weighted by Crippen LogP contribution is 2.33. The minimum Gasteiger partial charge on any atom is -0.497 e. The average molecular weight is 342 g/mol. The summed E-state index contributed by atoms with van der Waals surface area (Å²) in [5.41, 5.74) is 1.24. The van der Waals surface area contributed by atoms with Crippen LogP contribution in [0, 0.1) is 0 Å². The molecule has 0 bridgehead atoms. The van der Waals surface area contributed by atoms with Crippen LogP contribution in [0.4, 0.5) is 11.4 Å². The molecule has 0 radical (unpaired) electrons. The van der Waals surface area contributed by atoms with Crippen molar-refractivity contribution < 1.29 is 23.8 Å². The van der Waals surface area contributed by atoms with Gasteiger partial charge in [0.1, 0.15) is 17.2 Å². The summed E-state index contributed by atoms with van der Waals surface area (Å²) in [5, 5.41) is 2.74. The van der Waals surface area contributed by atoms with Crippen molar-refractivity contribution in [2.24, 2.45) is 0 Å². The maximum atomic E-state index is 12.1. The second-order valence-electron chi connectivity index (χ2n) is 5.44. The van der Waals surface area contributed by atoms with Gasteiger partial charge in [0.25, 0.3) is 11.8 Å². The second-order valence-corrected chi connectivity index (χ2v) is 5.44. The maximum Gasteiger partial charge on any atom is 0.264 e. The molecule has 1 aliphatic heterocycles. The summed E-state index contributed by atoms with van der Waals surface area (Å²) in [6.45, 7) is -0.149. The van der Waals surface area contributed by atoms with Gasteiger partial charge in [-0.15, -0.1) is 0 Å². The standard InChI is InChI=1S/C18H18N2O5/c1-20-15-7-6-12(8-16(15)25-11-18(20)22)19-17(21)10-24-14-5-3-4-13(9-14)23-2/h3-9H,10-11H2,1-2H3,(H,19,21). The van der Waals surface area contributed by atoms with Crippen LogP contribution in [0.1, 0.15) is 0 Å². The number of hydrogen-bond donors (Lipinski definition) is 1. The van der Waals surface area contributed by atoms with Crippen LogP contribution in [-0.4, -0.2) is 39.2 Å². The van der Waals surface area contributed by atoms with Gasteiger partial charge in [-0.1, -0.05) is 6.07 Å². The van der Waals surface area contributed by atoms with E-state index in [9.17, 15) is 9.59 Å². The van der Waals surface area contributed by atoms with Gasteiger partial charge in [-0.05, 0) is 24.3 Å². The number of rotatable bonds is 5. The quantitative estimate of drug-likeness (QED) is 0.900. The van der Waals surface area contributed by atoms with Gasteiger partial charge >= 0.3 is 0 Å². The molecule has 2 aromatic carbocycles. The maximum absolute atomic E-state index is 12.1. The Morgan fingerprint density at radius 3 is 2.84 bits per heavy atom. The fourth-order valence-corrected chi connectivity index (χ4v) is 2.39. The van der Waals surface area contributed by atoms with Crippen molar-refractivity contribution in [2.75, 3.05) is 37.6 Å². The second kappa shape index (κ2) is 7.12. The Hall–Kier alpha value is -3.22. The molecule has 3 rings (SSSR count). The summed E-state index contributed by atoms with van der Waals surface area (Å²) in [6.07, 6.45) is 0. The zero-order valence-corrected chi connectivity index (χ0v) is 13.9. The number of nitrogens with zero attached hydrogens (tertiary/aromatic N) is 1. The van der Waals surface area contributed by atoms with E-state index in [1.165, 1.54) is 4.90 Å². The van der Waals surface area contributed by atoms with Gasteiger partial charge in [0.15, 0.2) is 13.2 Å². The summed E-state index contributed by atoms with van der Waals surface area (Å²) in [7, 11) is 3.25. The van der Waals surface area contributed by atoms with Gasteiger partial charge in [0.2, 0.25) is 0 Å². The molecule has 1 aliphatic rings. The van der Waals surface area contributed by atoms with E-state index in [1.807, 2.05) is 0 Å². The largest absolute Gasteiger partial charge is 0.497 e. The molecule has 0 aliphatic carbocycles. The molecule has 0 atom stereocenters. The first kappa shape index (κ1) is 16.6. The summed E-state index contributed by atoms with van der Waals surface area (Å²) in [5.74, 6) is 1.33. The van der Waals surface area contributed by atoms with E-state index in [0.29, 0.717) is 28.6 Å². The molecule has 25 heavy (non-hydrogen) atoms. The van der Waals surface area contributed by atoms with Crippen molar-refractivity contribution in [2.45, 2.75) is 0 Å². The Morgan fingerprint density at radius 2 is 2.04 bits per heavy atom. The molecule has 7 heteroatoms. The van der Waals surface area contributed by atoms with Crippen LogP contribution in [0.15, 0.2) is 42.5 Å². The van der Waals surface area contributed by atoms with Crippen LogP contribution in [0.2, 0.25) is 0 Å². The highest BCUT2D eigenvalue weighted by Gasteiger charge is 2.22. The molecule has 0 unspecified atom stereocenters. The van der Waals surface area contributed by atoms with Crippen LogP contribution in [-0.2, 0) is 9.59 Å². The molecule has 7 nitrogen and oxygen atoms in total. The van der Waals surface area contributed by atoms with Crippen LogP contribution in [0.5, 0.6) is 17.2 Å². The molecule has 2 amide bonds. The Labute approximate surface area is 145 Å². The number of fused-ring (bicyclic) bond motifs is 1. The lowest BCUT2D eigenvalue weighted by atomic mass is 10.2. The van der Waals surface area contributed by atoms with Crippen molar-refractivity contribution in [1.29, 1.82) is 0 Å².